The van der Waals surface area contributed by atoms with Gasteiger partial charge in [-0.3, -0.25) is 4.79 Å². The van der Waals surface area contributed by atoms with Gasteiger partial charge in [-0.25, -0.2) is 14.8 Å². The maximum absolute atomic E-state index is 12.2. The Bertz CT molecular complexity index is 593. The summed E-state index contributed by atoms with van der Waals surface area (Å²) in [6, 6.07) is 0.281. The third-order valence-corrected chi connectivity index (χ3v) is 4.68. The van der Waals surface area contributed by atoms with Crippen LogP contribution in [0, 0.1) is 0 Å². The molecule has 2 amide bonds. The maximum atomic E-state index is 12.2. The second kappa shape index (κ2) is 8.13. The normalized spacial score (nSPS) is 18.3. The lowest BCUT2D eigenvalue weighted by Gasteiger charge is -2.33. The zero-order valence-electron chi connectivity index (χ0n) is 14.6. The first-order chi connectivity index (χ1) is 12.2. The molecule has 2 fully saturated rings. The maximum Gasteiger partial charge on any atom is 0.409 e. The van der Waals surface area contributed by atoms with Crippen LogP contribution in [0.1, 0.15) is 43.0 Å². The molecular formula is C17H25N5O3. The first-order valence-corrected chi connectivity index (χ1v) is 8.97. The Morgan fingerprint density at radius 2 is 1.80 bits per heavy atom. The van der Waals surface area contributed by atoms with Gasteiger partial charge >= 0.3 is 6.09 Å². The van der Waals surface area contributed by atoms with Crippen LogP contribution in [-0.2, 0) is 4.74 Å². The molecule has 0 radical (unpaired) electrons. The number of anilines is 1. The van der Waals surface area contributed by atoms with Crippen molar-refractivity contribution in [2.45, 2.75) is 38.6 Å². The number of nitrogens with one attached hydrogen (secondary N) is 1. The van der Waals surface area contributed by atoms with E-state index in [9.17, 15) is 9.59 Å². The number of carbonyl (C=O) groups excluding carboxylic acids is 2. The molecule has 0 bridgehead atoms. The highest BCUT2D eigenvalue weighted by Crippen LogP contribution is 2.18. The second-order valence-corrected chi connectivity index (χ2v) is 6.40. The molecule has 0 atom stereocenters. The van der Waals surface area contributed by atoms with Crippen LogP contribution in [0.2, 0.25) is 0 Å². The lowest BCUT2D eigenvalue weighted by Crippen LogP contribution is -2.49. The van der Waals surface area contributed by atoms with Gasteiger partial charge in [0.05, 0.1) is 12.2 Å². The van der Waals surface area contributed by atoms with Gasteiger partial charge in [0.25, 0.3) is 5.91 Å². The van der Waals surface area contributed by atoms with Crippen LogP contribution in [0.4, 0.5) is 10.7 Å². The number of hydrogen-bond donors (Lipinski definition) is 1. The second-order valence-electron chi connectivity index (χ2n) is 6.40. The SMILES string of the molecule is CCOC(=O)N1CCN(c2ncc(C(=O)NC3CCCC3)cn2)CC1. The molecule has 1 N–H and O–H groups in total. The fourth-order valence-corrected chi connectivity index (χ4v) is 3.24. The highest BCUT2D eigenvalue weighted by Gasteiger charge is 2.24. The third kappa shape index (κ3) is 4.37. The molecular weight excluding hydrogens is 322 g/mol. The van der Waals surface area contributed by atoms with Crippen LogP contribution in [0.25, 0.3) is 0 Å². The summed E-state index contributed by atoms with van der Waals surface area (Å²) < 4.78 is 5.01. The smallest absolute Gasteiger partial charge is 0.409 e. The molecule has 1 aliphatic carbocycles. The van der Waals surface area contributed by atoms with Gasteiger partial charge in [0.1, 0.15) is 0 Å². The van der Waals surface area contributed by atoms with Gasteiger partial charge in [-0.1, -0.05) is 12.8 Å². The molecule has 1 saturated heterocycles. The molecule has 25 heavy (non-hydrogen) atoms. The van der Waals surface area contributed by atoms with Crippen molar-refractivity contribution in [3.63, 3.8) is 0 Å². The van der Waals surface area contributed by atoms with Crippen molar-refractivity contribution in [1.29, 1.82) is 0 Å². The van der Waals surface area contributed by atoms with Crippen molar-refractivity contribution in [2.24, 2.45) is 0 Å². The van der Waals surface area contributed by atoms with Crippen molar-refractivity contribution in [2.75, 3.05) is 37.7 Å². The van der Waals surface area contributed by atoms with Gasteiger partial charge in [-0.05, 0) is 19.8 Å². The number of carbonyl (C=O) groups is 2. The van der Waals surface area contributed by atoms with Crippen LogP contribution >= 0.6 is 0 Å². The number of rotatable bonds is 4. The van der Waals surface area contributed by atoms with Crippen LogP contribution < -0.4 is 10.2 Å². The van der Waals surface area contributed by atoms with E-state index in [2.05, 4.69) is 15.3 Å². The molecule has 0 spiro atoms. The van der Waals surface area contributed by atoms with Crippen LogP contribution in [0.15, 0.2) is 12.4 Å². The summed E-state index contributed by atoms with van der Waals surface area (Å²) >= 11 is 0. The lowest BCUT2D eigenvalue weighted by atomic mass is 10.2. The minimum atomic E-state index is -0.276. The van der Waals surface area contributed by atoms with Gasteiger partial charge in [-0.2, -0.15) is 0 Å². The third-order valence-electron chi connectivity index (χ3n) is 4.68. The fourth-order valence-electron chi connectivity index (χ4n) is 3.24. The monoisotopic (exact) mass is 347 g/mol. The number of hydrogen-bond acceptors (Lipinski definition) is 6. The number of aromatic nitrogens is 2. The Morgan fingerprint density at radius 1 is 1.16 bits per heavy atom. The van der Waals surface area contributed by atoms with Crippen molar-refractivity contribution in [3.8, 4) is 0 Å². The van der Waals surface area contributed by atoms with E-state index in [1.807, 2.05) is 4.90 Å². The quantitative estimate of drug-likeness (QED) is 0.886. The summed E-state index contributed by atoms with van der Waals surface area (Å²) in [5.41, 5.74) is 0.487. The Morgan fingerprint density at radius 3 is 2.40 bits per heavy atom. The topological polar surface area (TPSA) is 87.7 Å². The van der Waals surface area contributed by atoms with Crippen LogP contribution in [-0.4, -0.2) is 65.7 Å². The molecule has 1 saturated carbocycles. The van der Waals surface area contributed by atoms with E-state index < -0.39 is 0 Å². The molecule has 1 aromatic heterocycles. The molecule has 1 aliphatic heterocycles. The van der Waals surface area contributed by atoms with Gasteiger partial charge in [0.2, 0.25) is 5.95 Å². The summed E-state index contributed by atoms with van der Waals surface area (Å²) in [5.74, 6) is 0.478. The summed E-state index contributed by atoms with van der Waals surface area (Å²) in [6.07, 6.45) is 7.33. The first kappa shape index (κ1) is 17.4. The summed E-state index contributed by atoms with van der Waals surface area (Å²) in [4.78, 5) is 36.3. The van der Waals surface area contributed by atoms with Crippen molar-refractivity contribution in [1.82, 2.24) is 20.2 Å². The highest BCUT2D eigenvalue weighted by molar-refractivity contribution is 5.93. The van der Waals surface area contributed by atoms with E-state index in [-0.39, 0.29) is 18.0 Å². The predicted molar refractivity (Wildman–Crippen MR) is 92.6 cm³/mol. The highest BCUT2D eigenvalue weighted by atomic mass is 16.6. The van der Waals surface area contributed by atoms with Gasteiger partial charge in [0, 0.05) is 44.6 Å². The lowest BCUT2D eigenvalue weighted by molar-refractivity contribution is 0.0936. The zero-order chi connectivity index (χ0) is 17.6. The number of ether oxygens (including phenoxy) is 1. The Kier molecular flexibility index (Phi) is 5.67. The predicted octanol–water partition coefficient (Wildman–Crippen LogP) is 1.43. The number of nitrogens with zero attached hydrogens (tertiary/aromatic N) is 4. The molecule has 2 aliphatic rings. The molecule has 8 heteroatoms. The Hall–Kier alpha value is -2.38. The van der Waals surface area contributed by atoms with E-state index in [1.54, 1.807) is 24.2 Å². The molecule has 2 heterocycles. The average molecular weight is 347 g/mol. The largest absolute Gasteiger partial charge is 0.450 e. The van der Waals surface area contributed by atoms with Gasteiger partial charge < -0.3 is 19.9 Å². The average Bonchev–Trinajstić information content (AvgIpc) is 3.15. The van der Waals surface area contributed by atoms with Crippen molar-refractivity contribution >= 4 is 17.9 Å². The summed E-state index contributed by atoms with van der Waals surface area (Å²) in [6.45, 7) is 4.62. The number of piperazine rings is 1. The fraction of sp³-hybridized carbons (Fsp3) is 0.647. The van der Waals surface area contributed by atoms with E-state index in [0.717, 1.165) is 12.8 Å². The summed E-state index contributed by atoms with van der Waals surface area (Å²) in [5, 5.41) is 3.03. The molecule has 8 nitrogen and oxygen atoms in total. The van der Waals surface area contributed by atoms with E-state index in [4.69, 9.17) is 4.74 Å². The van der Waals surface area contributed by atoms with Crippen LogP contribution in [0.3, 0.4) is 0 Å². The summed E-state index contributed by atoms with van der Waals surface area (Å²) in [7, 11) is 0. The van der Waals surface area contributed by atoms with E-state index in [1.165, 1.54) is 12.8 Å². The molecule has 3 rings (SSSR count). The minimum Gasteiger partial charge on any atom is -0.450 e. The Balaban J connectivity index is 1.52. The van der Waals surface area contributed by atoms with Gasteiger partial charge in [-0.15, -0.1) is 0 Å². The van der Waals surface area contributed by atoms with E-state index in [0.29, 0.717) is 44.3 Å². The minimum absolute atomic E-state index is 0.106. The molecule has 136 valence electrons. The van der Waals surface area contributed by atoms with Crippen LogP contribution in [0.5, 0.6) is 0 Å². The first-order valence-electron chi connectivity index (χ1n) is 8.97. The zero-order valence-corrected chi connectivity index (χ0v) is 14.6. The van der Waals surface area contributed by atoms with Crippen molar-refractivity contribution in [3.05, 3.63) is 18.0 Å². The van der Waals surface area contributed by atoms with Crippen molar-refractivity contribution < 1.29 is 14.3 Å². The molecule has 0 unspecified atom stereocenters. The Labute approximate surface area is 147 Å². The van der Waals surface area contributed by atoms with Gasteiger partial charge in [0.15, 0.2) is 0 Å². The number of amides is 2. The molecule has 0 aromatic carbocycles. The van der Waals surface area contributed by atoms with E-state index >= 15 is 0 Å². The standard InChI is InChI=1S/C17H25N5O3/c1-2-25-17(24)22-9-7-21(8-10-22)16-18-11-13(12-19-16)15(23)20-14-5-3-4-6-14/h11-12,14H,2-10H2,1H3,(H,20,23). The molecule has 1 aromatic rings.